The Morgan fingerprint density at radius 2 is 1.53 bits per heavy atom. The fourth-order valence-corrected chi connectivity index (χ4v) is 4.69. The number of hydrogen-bond acceptors (Lipinski definition) is 5. The van der Waals surface area contributed by atoms with Crippen LogP contribution in [0.4, 0.5) is 18.9 Å². The molecule has 0 aliphatic carbocycles. The van der Waals surface area contributed by atoms with Crippen LogP contribution in [0.5, 0.6) is 5.75 Å². The van der Waals surface area contributed by atoms with Gasteiger partial charge in [0.05, 0.1) is 32.8 Å². The molecule has 5 aromatic rings. The summed E-state index contributed by atoms with van der Waals surface area (Å²) in [6, 6.07) is 35.8. The Kier molecular flexibility index (Phi) is 10.7. The fourth-order valence-electron chi connectivity index (χ4n) is 4.69. The molecule has 0 aliphatic heterocycles. The predicted octanol–water partition coefficient (Wildman–Crippen LogP) is 5.57. The summed E-state index contributed by atoms with van der Waals surface area (Å²) in [4.78, 5) is 22.3. The number of alkyl halides is 3. The number of aliphatic carboxylic acids is 1. The number of nitrogens with one attached hydrogen (secondary N) is 1. The average Bonchev–Trinajstić information content (AvgIpc) is 3.40. The zero-order valence-electron chi connectivity index (χ0n) is 26.0. The highest BCUT2D eigenvalue weighted by molar-refractivity contribution is 5.99. The van der Waals surface area contributed by atoms with Gasteiger partial charge in [0, 0.05) is 24.0 Å². The van der Waals surface area contributed by atoms with Gasteiger partial charge in [0.2, 0.25) is 0 Å². The van der Waals surface area contributed by atoms with Crippen molar-refractivity contribution in [2.24, 2.45) is 0 Å². The van der Waals surface area contributed by atoms with Crippen molar-refractivity contribution < 1.29 is 32.6 Å². The molecule has 5 rings (SSSR count). The number of fused-ring (bicyclic) bond motifs is 1. The second-order valence-electron chi connectivity index (χ2n) is 11.6. The molecule has 0 spiro atoms. The Morgan fingerprint density at radius 3 is 2.15 bits per heavy atom. The number of ether oxygens (including phenoxy) is 1. The van der Waals surface area contributed by atoms with Gasteiger partial charge in [0.15, 0.2) is 0 Å². The van der Waals surface area contributed by atoms with Crippen LogP contribution in [0.2, 0.25) is 0 Å². The Bertz CT molecular complexity index is 1890. The quantitative estimate of drug-likeness (QED) is 0.212. The SMILES string of the molecule is C[N+](C)(C)c1ccc(CNC(=O)c2cc3cc(OCc4ccccc4)ccc3n2Cc2cccc(C#N)c2)cc1.O=C([O-])C(F)(F)F. The van der Waals surface area contributed by atoms with Crippen LogP contribution in [0.1, 0.15) is 32.7 Å². The molecule has 0 bridgehead atoms. The van der Waals surface area contributed by atoms with Crippen molar-refractivity contribution in [3.05, 3.63) is 131 Å². The van der Waals surface area contributed by atoms with Crippen molar-refractivity contribution in [1.29, 1.82) is 5.26 Å². The molecule has 0 saturated heterocycles. The lowest BCUT2D eigenvalue weighted by Gasteiger charge is -2.23. The van der Waals surface area contributed by atoms with Crippen LogP contribution < -0.4 is 19.6 Å². The number of carboxylic acids is 1. The summed E-state index contributed by atoms with van der Waals surface area (Å²) in [5.74, 6) is -2.42. The molecule has 47 heavy (non-hydrogen) atoms. The van der Waals surface area contributed by atoms with Crippen molar-refractivity contribution in [2.45, 2.75) is 25.9 Å². The number of nitrogens with zero attached hydrogens (tertiary/aromatic N) is 3. The molecule has 8 nitrogen and oxygen atoms in total. The number of rotatable bonds is 9. The maximum absolute atomic E-state index is 13.5. The third-order valence-corrected chi connectivity index (χ3v) is 7.15. The van der Waals surface area contributed by atoms with E-state index >= 15 is 0 Å². The van der Waals surface area contributed by atoms with Gasteiger partial charge < -0.3 is 24.5 Å². The van der Waals surface area contributed by atoms with Gasteiger partial charge in [0.1, 0.15) is 29.7 Å². The molecule has 0 aliphatic rings. The highest BCUT2D eigenvalue weighted by atomic mass is 19.4. The largest absolute Gasteiger partial charge is 0.542 e. The van der Waals surface area contributed by atoms with E-state index in [-0.39, 0.29) is 5.91 Å². The van der Waals surface area contributed by atoms with Gasteiger partial charge in [-0.05, 0) is 65.2 Å². The van der Waals surface area contributed by atoms with Crippen LogP contribution in [0, 0.1) is 11.3 Å². The van der Waals surface area contributed by atoms with Crippen LogP contribution >= 0.6 is 0 Å². The highest BCUT2D eigenvalue weighted by Crippen LogP contribution is 2.27. The third kappa shape index (κ3) is 9.45. The van der Waals surface area contributed by atoms with Gasteiger partial charge in [-0.1, -0.05) is 54.6 Å². The third-order valence-electron chi connectivity index (χ3n) is 7.15. The first-order chi connectivity index (χ1) is 22.2. The minimum absolute atomic E-state index is 0.157. The molecule has 1 amide bonds. The molecule has 0 unspecified atom stereocenters. The molecule has 4 aromatic carbocycles. The monoisotopic (exact) mass is 642 g/mol. The van der Waals surface area contributed by atoms with E-state index in [1.807, 2.05) is 77.4 Å². The van der Waals surface area contributed by atoms with E-state index in [1.165, 1.54) is 5.69 Å². The maximum Gasteiger partial charge on any atom is 0.430 e. The Morgan fingerprint density at radius 1 is 0.872 bits per heavy atom. The van der Waals surface area contributed by atoms with E-state index < -0.39 is 12.1 Å². The predicted molar refractivity (Wildman–Crippen MR) is 171 cm³/mol. The topological polar surface area (TPSA) is 107 Å². The number of amides is 1. The molecule has 1 N–H and O–H groups in total. The molecule has 1 heterocycles. The van der Waals surface area contributed by atoms with Crippen molar-refractivity contribution >= 4 is 28.5 Å². The standard InChI is InChI=1S/C34H32N4O2.C2HF3O2/c1-38(2,3)30-14-12-25(13-15-30)22-36-34(39)33-20-29-19-31(40-24-26-8-5-4-6-9-26)16-17-32(29)37(33)23-28-11-7-10-27(18-28)21-35;3-2(4,5)1(6)7/h4-20H,22-24H2,1-3H3;(H,6,7). The Labute approximate surface area is 270 Å². The van der Waals surface area contributed by atoms with E-state index in [4.69, 9.17) is 14.6 Å². The van der Waals surface area contributed by atoms with Crippen LogP contribution in [0.3, 0.4) is 0 Å². The van der Waals surface area contributed by atoms with Crippen molar-refractivity contribution in [1.82, 2.24) is 14.4 Å². The van der Waals surface area contributed by atoms with Crippen LogP contribution in [-0.2, 0) is 24.5 Å². The normalized spacial score (nSPS) is 11.3. The summed E-state index contributed by atoms with van der Waals surface area (Å²) in [5, 5.41) is 22.2. The maximum atomic E-state index is 13.5. The summed E-state index contributed by atoms with van der Waals surface area (Å²) >= 11 is 0. The van der Waals surface area contributed by atoms with Crippen molar-refractivity contribution in [2.75, 3.05) is 21.1 Å². The number of carboxylic acid groups (broad SMARTS) is 1. The first-order valence-corrected chi connectivity index (χ1v) is 14.5. The fraction of sp³-hybridized carbons (Fsp3) is 0.194. The molecule has 0 fully saturated rings. The van der Waals surface area contributed by atoms with E-state index in [1.54, 1.807) is 6.07 Å². The van der Waals surface area contributed by atoms with Crippen molar-refractivity contribution in [3.8, 4) is 11.8 Å². The summed E-state index contributed by atoms with van der Waals surface area (Å²) in [7, 11) is 6.38. The summed E-state index contributed by atoms with van der Waals surface area (Å²) in [6.07, 6.45) is -5.19. The van der Waals surface area contributed by atoms with Gasteiger partial charge in [0.25, 0.3) is 5.91 Å². The van der Waals surface area contributed by atoms with E-state index in [2.05, 4.69) is 56.8 Å². The average molecular weight is 643 g/mol. The highest BCUT2D eigenvalue weighted by Gasteiger charge is 2.28. The Hall–Kier alpha value is -5.60. The number of aromatic nitrogens is 1. The molecular formula is C36H33F3N4O4. The zero-order valence-corrected chi connectivity index (χ0v) is 26.0. The number of nitriles is 1. The van der Waals surface area contributed by atoms with E-state index in [9.17, 15) is 23.2 Å². The zero-order chi connectivity index (χ0) is 34.2. The van der Waals surface area contributed by atoms with Gasteiger partial charge in [-0.3, -0.25) is 9.28 Å². The molecule has 0 atom stereocenters. The molecule has 0 saturated carbocycles. The number of carbonyl (C=O) groups is 2. The second-order valence-corrected chi connectivity index (χ2v) is 11.6. The number of benzene rings is 4. The van der Waals surface area contributed by atoms with Gasteiger partial charge >= 0.3 is 6.18 Å². The number of hydrogen-bond donors (Lipinski definition) is 1. The minimum Gasteiger partial charge on any atom is -0.542 e. The van der Waals surface area contributed by atoms with Gasteiger partial charge in [-0.15, -0.1) is 0 Å². The molecule has 1 aromatic heterocycles. The van der Waals surface area contributed by atoms with Crippen LogP contribution in [0.25, 0.3) is 10.9 Å². The second kappa shape index (κ2) is 14.7. The smallest absolute Gasteiger partial charge is 0.430 e. The summed E-state index contributed by atoms with van der Waals surface area (Å²) in [6.45, 7) is 1.35. The van der Waals surface area contributed by atoms with E-state index in [0.717, 1.165) is 37.8 Å². The van der Waals surface area contributed by atoms with E-state index in [0.29, 0.717) is 31.0 Å². The summed E-state index contributed by atoms with van der Waals surface area (Å²) in [5.41, 5.74) is 6.34. The lowest BCUT2D eigenvalue weighted by atomic mass is 10.1. The summed E-state index contributed by atoms with van der Waals surface area (Å²) < 4.78 is 40.3. The lowest BCUT2D eigenvalue weighted by molar-refractivity contribution is -0.344. The molecular weight excluding hydrogens is 609 g/mol. The molecule has 11 heteroatoms. The number of carbonyl (C=O) groups excluding carboxylic acids is 2. The minimum atomic E-state index is -5.19. The molecule has 242 valence electrons. The van der Waals surface area contributed by atoms with Crippen LogP contribution in [0.15, 0.2) is 103 Å². The number of halogens is 3. The lowest BCUT2D eigenvalue weighted by Crippen LogP contribution is -2.37. The number of quaternary nitrogens is 1. The van der Waals surface area contributed by atoms with Crippen LogP contribution in [-0.4, -0.2) is 43.8 Å². The Balaban J connectivity index is 0.000000644. The first-order valence-electron chi connectivity index (χ1n) is 14.5. The first kappa shape index (κ1) is 34.3. The molecule has 0 radical (unpaired) electrons. The van der Waals surface area contributed by atoms with Gasteiger partial charge in [-0.25, -0.2) is 0 Å². The van der Waals surface area contributed by atoms with Crippen molar-refractivity contribution in [3.63, 3.8) is 0 Å². The van der Waals surface area contributed by atoms with Gasteiger partial charge in [-0.2, -0.15) is 18.4 Å².